The number of carbonyl (C=O) groups is 2. The van der Waals surface area contributed by atoms with E-state index in [4.69, 9.17) is 21.1 Å². The predicted octanol–water partition coefficient (Wildman–Crippen LogP) is 11.5. The summed E-state index contributed by atoms with van der Waals surface area (Å²) in [5.74, 6) is -1.51. The fraction of sp³-hybridized carbons (Fsp3) is 0.783. The SMILES string of the molecule is CCCCCCCCCCCCCCOC1=C[C@@H](CCC)C(OC(=O)CCC/C=C\C[C@@H]2[C@@H](/C=C/C[C@H](O)C3(CC)CCC3)[C@H](O)C[C@H]2Cl)(C(=O)O)C=C1. The van der Waals surface area contributed by atoms with Crippen LogP contribution in [-0.4, -0.2) is 57.1 Å². The summed E-state index contributed by atoms with van der Waals surface area (Å²) in [4.78, 5) is 25.6. The van der Waals surface area contributed by atoms with Crippen LogP contribution < -0.4 is 0 Å². The van der Waals surface area contributed by atoms with E-state index < -0.39 is 29.6 Å². The minimum atomic E-state index is -1.74. The van der Waals surface area contributed by atoms with Crippen molar-refractivity contribution in [3.63, 3.8) is 0 Å². The van der Waals surface area contributed by atoms with Crippen molar-refractivity contribution in [1.82, 2.24) is 0 Å². The minimum Gasteiger partial charge on any atom is -0.494 e. The van der Waals surface area contributed by atoms with Crippen molar-refractivity contribution in [2.24, 2.45) is 23.2 Å². The molecule has 8 heteroatoms. The zero-order chi connectivity index (χ0) is 39.2. The van der Waals surface area contributed by atoms with Crippen molar-refractivity contribution in [3.8, 4) is 0 Å². The molecule has 0 amide bonds. The van der Waals surface area contributed by atoms with Crippen molar-refractivity contribution < 1.29 is 34.4 Å². The summed E-state index contributed by atoms with van der Waals surface area (Å²) < 4.78 is 11.8. The monoisotopic (exact) mass is 775 g/mol. The maximum atomic E-state index is 13.0. The lowest BCUT2D eigenvalue weighted by Crippen LogP contribution is -2.48. The van der Waals surface area contributed by atoms with E-state index in [2.05, 4.69) is 26.0 Å². The molecule has 0 aliphatic heterocycles. The maximum Gasteiger partial charge on any atom is 0.352 e. The van der Waals surface area contributed by atoms with Gasteiger partial charge in [-0.15, -0.1) is 11.6 Å². The Labute approximate surface area is 333 Å². The van der Waals surface area contributed by atoms with E-state index in [-0.39, 0.29) is 35.2 Å². The largest absolute Gasteiger partial charge is 0.494 e. The molecule has 0 aromatic carbocycles. The van der Waals surface area contributed by atoms with Gasteiger partial charge in [-0.2, -0.15) is 0 Å². The van der Waals surface area contributed by atoms with Gasteiger partial charge >= 0.3 is 11.9 Å². The molecule has 7 atom stereocenters. The smallest absolute Gasteiger partial charge is 0.352 e. The van der Waals surface area contributed by atoms with Crippen LogP contribution in [0, 0.1) is 23.2 Å². The van der Waals surface area contributed by atoms with Gasteiger partial charge in [0.05, 0.1) is 18.8 Å². The third-order valence-electron chi connectivity index (χ3n) is 12.6. The molecular formula is C46H75ClO7. The van der Waals surface area contributed by atoms with Crippen molar-refractivity contribution in [2.45, 2.75) is 198 Å². The molecule has 0 bridgehead atoms. The van der Waals surface area contributed by atoms with E-state index >= 15 is 0 Å². The molecule has 3 aliphatic rings. The van der Waals surface area contributed by atoms with Gasteiger partial charge in [0.2, 0.25) is 5.60 Å². The van der Waals surface area contributed by atoms with Crippen molar-refractivity contribution in [2.75, 3.05) is 6.61 Å². The van der Waals surface area contributed by atoms with Gasteiger partial charge in [0.25, 0.3) is 0 Å². The second-order valence-electron chi connectivity index (χ2n) is 16.5. The molecule has 0 aromatic rings. The topological polar surface area (TPSA) is 113 Å². The van der Waals surface area contributed by atoms with Crippen LogP contribution in [0.4, 0.5) is 0 Å². The van der Waals surface area contributed by atoms with Gasteiger partial charge in [-0.1, -0.05) is 129 Å². The average molecular weight is 776 g/mol. The normalized spacial score (nSPS) is 26.9. The fourth-order valence-electron chi connectivity index (χ4n) is 8.74. The standard InChI is InChI=1S/C46H75ClO7/c1-4-7-8-9-10-11-12-13-14-15-18-21-33-53-37-29-32-46(44(51)52,36(34-37)24-5-2)54-43(50)28-20-17-16-19-25-38-39(41(48)35-40(38)47)26-22-27-42(49)45(6-3)30-23-31-45/h16,19,22,26,29,32,34,36,38-42,48-49H,4-15,17-18,20-21,23-25,27-28,30-31,33,35H2,1-3H3,(H,51,52)/b19-16-,26-22+/t36-,38-,39-,40-,41-,42+,46?/m1/s1. The number of alkyl halides is 1. The van der Waals surface area contributed by atoms with Crippen molar-refractivity contribution in [3.05, 3.63) is 48.3 Å². The first-order valence-electron chi connectivity index (χ1n) is 21.9. The summed E-state index contributed by atoms with van der Waals surface area (Å²) in [7, 11) is 0. The minimum absolute atomic E-state index is 0.0561. The Morgan fingerprint density at radius 3 is 2.19 bits per heavy atom. The summed E-state index contributed by atoms with van der Waals surface area (Å²) in [5, 5.41) is 31.7. The van der Waals surface area contributed by atoms with E-state index in [1.807, 2.05) is 25.2 Å². The van der Waals surface area contributed by atoms with Crippen LogP contribution in [0.1, 0.15) is 175 Å². The molecule has 3 N–H and O–H groups in total. The van der Waals surface area contributed by atoms with E-state index in [0.717, 1.165) is 38.5 Å². The number of halogens is 1. The van der Waals surface area contributed by atoms with Crippen LogP contribution in [-0.2, 0) is 19.1 Å². The lowest BCUT2D eigenvalue weighted by Gasteiger charge is -2.45. The number of carbonyl (C=O) groups excluding carboxylic acids is 1. The molecule has 3 aliphatic carbocycles. The summed E-state index contributed by atoms with van der Waals surface area (Å²) in [6.07, 6.45) is 36.5. The van der Waals surface area contributed by atoms with Crippen LogP contribution in [0.15, 0.2) is 48.3 Å². The first kappa shape index (κ1) is 46.3. The lowest BCUT2D eigenvalue weighted by molar-refractivity contribution is -0.177. The second-order valence-corrected chi connectivity index (χ2v) is 17.1. The molecule has 2 saturated carbocycles. The molecule has 0 spiro atoms. The third-order valence-corrected chi connectivity index (χ3v) is 13.1. The van der Waals surface area contributed by atoms with E-state index in [9.17, 15) is 24.9 Å². The third kappa shape index (κ3) is 14.4. The fourth-order valence-corrected chi connectivity index (χ4v) is 9.19. The van der Waals surface area contributed by atoms with Crippen molar-refractivity contribution in [1.29, 1.82) is 0 Å². The Morgan fingerprint density at radius 2 is 1.59 bits per heavy atom. The Balaban J connectivity index is 1.37. The highest BCUT2D eigenvalue weighted by Crippen LogP contribution is 2.48. The number of unbranched alkanes of at least 4 members (excludes halogenated alkanes) is 12. The summed E-state index contributed by atoms with van der Waals surface area (Å²) in [5.41, 5.74) is -1.68. The average Bonchev–Trinajstić information content (AvgIpc) is 3.39. The number of rotatable bonds is 29. The van der Waals surface area contributed by atoms with Crippen molar-refractivity contribution >= 4 is 23.5 Å². The lowest BCUT2D eigenvalue weighted by atomic mass is 9.63. The Morgan fingerprint density at radius 1 is 0.926 bits per heavy atom. The Bertz CT molecular complexity index is 1200. The Hall–Kier alpha value is -2.09. The molecule has 7 nitrogen and oxygen atoms in total. The first-order chi connectivity index (χ1) is 26.1. The number of hydrogen-bond donors (Lipinski definition) is 3. The number of esters is 1. The number of aliphatic hydroxyl groups is 2. The van der Waals surface area contributed by atoms with Crippen LogP contribution in [0.2, 0.25) is 0 Å². The highest BCUT2D eigenvalue weighted by atomic mass is 35.5. The van der Waals surface area contributed by atoms with E-state index in [1.165, 1.54) is 76.7 Å². The molecule has 0 heterocycles. The number of carboxylic acids is 1. The maximum absolute atomic E-state index is 13.0. The number of allylic oxidation sites excluding steroid dienone is 3. The first-order valence-corrected chi connectivity index (χ1v) is 22.4. The summed E-state index contributed by atoms with van der Waals surface area (Å²) >= 11 is 6.66. The molecular weight excluding hydrogens is 700 g/mol. The van der Waals surface area contributed by atoms with Gasteiger partial charge in [-0.3, -0.25) is 4.79 Å². The summed E-state index contributed by atoms with van der Waals surface area (Å²) in [6, 6.07) is 0. The molecule has 3 rings (SSSR count). The molecule has 54 heavy (non-hydrogen) atoms. The van der Waals surface area contributed by atoms with Gasteiger partial charge in [0.15, 0.2) is 0 Å². The van der Waals surface area contributed by atoms with Crippen LogP contribution in [0.25, 0.3) is 0 Å². The second kappa shape index (κ2) is 25.2. The van der Waals surface area contributed by atoms with Gasteiger partial charge in [-0.25, -0.2) is 4.79 Å². The van der Waals surface area contributed by atoms with Crippen LogP contribution in [0.5, 0.6) is 0 Å². The van der Waals surface area contributed by atoms with Gasteiger partial charge in [0.1, 0.15) is 5.76 Å². The Kier molecular flexibility index (Phi) is 21.6. The molecule has 0 saturated heterocycles. The van der Waals surface area contributed by atoms with E-state index in [1.54, 1.807) is 6.08 Å². The highest BCUT2D eigenvalue weighted by Gasteiger charge is 2.48. The van der Waals surface area contributed by atoms with Gasteiger partial charge in [0, 0.05) is 23.6 Å². The summed E-state index contributed by atoms with van der Waals surface area (Å²) in [6.45, 7) is 7.00. The zero-order valence-corrected chi connectivity index (χ0v) is 34.8. The molecule has 1 unspecified atom stereocenters. The number of hydrogen-bond acceptors (Lipinski definition) is 6. The molecule has 0 radical (unpaired) electrons. The van der Waals surface area contributed by atoms with Gasteiger partial charge in [-0.05, 0) is 93.8 Å². The number of carboxylic acid groups (broad SMARTS) is 1. The quantitative estimate of drug-likeness (QED) is 0.0300. The number of aliphatic hydroxyl groups excluding tert-OH is 2. The number of ether oxygens (including phenoxy) is 2. The molecule has 308 valence electrons. The van der Waals surface area contributed by atoms with Crippen LogP contribution in [0.3, 0.4) is 0 Å². The zero-order valence-electron chi connectivity index (χ0n) is 34.0. The predicted molar refractivity (Wildman–Crippen MR) is 220 cm³/mol. The van der Waals surface area contributed by atoms with Gasteiger partial charge < -0.3 is 24.8 Å². The highest BCUT2D eigenvalue weighted by molar-refractivity contribution is 6.21. The molecule has 0 aromatic heterocycles. The van der Waals surface area contributed by atoms with E-state index in [0.29, 0.717) is 50.9 Å². The number of aliphatic carboxylic acids is 1. The molecule has 2 fully saturated rings. The van der Waals surface area contributed by atoms with Crippen LogP contribution >= 0.6 is 11.6 Å².